The number of esters is 1. The summed E-state index contributed by atoms with van der Waals surface area (Å²) in [5.74, 6) is -0.343. The summed E-state index contributed by atoms with van der Waals surface area (Å²) in [6, 6.07) is 3.61. The molecule has 0 radical (unpaired) electrons. The monoisotopic (exact) mass is 279 g/mol. The van der Waals surface area contributed by atoms with E-state index in [1.165, 1.54) is 7.11 Å². The number of nitrogens with one attached hydrogen (secondary N) is 2. The van der Waals surface area contributed by atoms with Crippen LogP contribution in [0.1, 0.15) is 26.9 Å². The van der Waals surface area contributed by atoms with E-state index in [4.69, 9.17) is 0 Å². The lowest BCUT2D eigenvalue weighted by Gasteiger charge is -2.01. The molecule has 0 bridgehead atoms. The average molecular weight is 279 g/mol. The van der Waals surface area contributed by atoms with Gasteiger partial charge in [-0.05, 0) is 19.1 Å². The molecule has 6 heteroatoms. The highest BCUT2D eigenvalue weighted by Crippen LogP contribution is 2.08. The number of methoxy groups -OCH3 is 1. The third-order valence-corrected chi connectivity index (χ3v) is 3.51. The first-order valence-corrected chi connectivity index (χ1v) is 6.95. The number of nitrogens with zero attached hydrogens (tertiary/aromatic N) is 1. The van der Waals surface area contributed by atoms with Crippen molar-refractivity contribution in [2.24, 2.45) is 0 Å². The lowest BCUT2D eigenvalue weighted by Crippen LogP contribution is -2.17. The Hall–Kier alpha value is -1.66. The molecule has 0 saturated heterocycles. The quantitative estimate of drug-likeness (QED) is 0.626. The maximum Gasteiger partial charge on any atom is 0.354 e. The number of aryl methyl sites for hydroxylation is 1. The maximum atomic E-state index is 11.3. The van der Waals surface area contributed by atoms with Crippen molar-refractivity contribution >= 4 is 17.3 Å². The van der Waals surface area contributed by atoms with E-state index >= 15 is 0 Å². The third kappa shape index (κ3) is 3.90. The largest absolute Gasteiger partial charge is 0.464 e. The molecule has 0 aromatic carbocycles. The van der Waals surface area contributed by atoms with Gasteiger partial charge in [-0.25, -0.2) is 9.78 Å². The minimum atomic E-state index is -0.343. The number of hydrogen-bond acceptors (Lipinski definition) is 5. The molecule has 0 aliphatic carbocycles. The zero-order valence-electron chi connectivity index (χ0n) is 11.0. The van der Waals surface area contributed by atoms with Crippen LogP contribution in [0.3, 0.4) is 0 Å². The Balaban J connectivity index is 1.73. The zero-order chi connectivity index (χ0) is 13.7. The first kappa shape index (κ1) is 13.8. The van der Waals surface area contributed by atoms with Gasteiger partial charge in [0, 0.05) is 30.6 Å². The number of carbonyl (C=O) groups excluding carboxylic acids is 1. The van der Waals surface area contributed by atoms with Crippen LogP contribution < -0.4 is 5.32 Å². The van der Waals surface area contributed by atoms with Gasteiger partial charge in [0.05, 0.1) is 17.8 Å². The van der Waals surface area contributed by atoms with Gasteiger partial charge in [0.2, 0.25) is 0 Å². The first-order chi connectivity index (χ1) is 9.19. The molecule has 0 saturated carbocycles. The number of rotatable bonds is 6. The van der Waals surface area contributed by atoms with Crippen molar-refractivity contribution in [3.05, 3.63) is 39.6 Å². The van der Waals surface area contributed by atoms with Crippen LogP contribution >= 0.6 is 11.3 Å². The van der Waals surface area contributed by atoms with E-state index in [0.29, 0.717) is 12.2 Å². The molecule has 0 unspecified atom stereocenters. The smallest absolute Gasteiger partial charge is 0.354 e. The molecule has 0 aliphatic rings. The number of H-pyrrole nitrogens is 1. The van der Waals surface area contributed by atoms with Gasteiger partial charge in [0.1, 0.15) is 5.69 Å². The van der Waals surface area contributed by atoms with Crippen molar-refractivity contribution in [3.8, 4) is 0 Å². The molecule has 0 fully saturated rings. The lowest BCUT2D eigenvalue weighted by molar-refractivity contribution is 0.0594. The van der Waals surface area contributed by atoms with Crippen molar-refractivity contribution in [2.45, 2.75) is 19.9 Å². The highest BCUT2D eigenvalue weighted by molar-refractivity contribution is 7.09. The second kappa shape index (κ2) is 6.49. The average Bonchev–Trinajstić information content (AvgIpc) is 3.03. The van der Waals surface area contributed by atoms with Crippen molar-refractivity contribution in [3.63, 3.8) is 0 Å². The molecule has 2 heterocycles. The Morgan fingerprint density at radius 3 is 3.05 bits per heavy atom. The van der Waals surface area contributed by atoms with Crippen LogP contribution in [0.5, 0.6) is 0 Å². The summed E-state index contributed by atoms with van der Waals surface area (Å²) in [6.07, 6.45) is 0.912. The van der Waals surface area contributed by atoms with Crippen LogP contribution in [-0.4, -0.2) is 29.6 Å². The molecule has 0 aliphatic heterocycles. The van der Waals surface area contributed by atoms with Crippen LogP contribution in [-0.2, 0) is 17.7 Å². The number of aromatic nitrogens is 2. The van der Waals surface area contributed by atoms with E-state index in [-0.39, 0.29) is 5.97 Å². The summed E-state index contributed by atoms with van der Waals surface area (Å²) in [4.78, 5) is 18.7. The molecule has 2 aromatic rings. The van der Waals surface area contributed by atoms with Gasteiger partial charge in [-0.1, -0.05) is 0 Å². The normalized spacial score (nSPS) is 10.6. The topological polar surface area (TPSA) is 67.0 Å². The highest BCUT2D eigenvalue weighted by Gasteiger charge is 2.07. The SMILES string of the molecule is COC(=O)c1ccc(CNCCc2csc(C)n2)[nH]1. The second-order valence-electron chi connectivity index (χ2n) is 4.17. The summed E-state index contributed by atoms with van der Waals surface area (Å²) in [5, 5.41) is 6.49. The van der Waals surface area contributed by atoms with Gasteiger partial charge in [0.25, 0.3) is 0 Å². The standard InChI is InChI=1S/C13H17N3O2S/c1-9-15-11(8-19-9)5-6-14-7-10-3-4-12(16-10)13(17)18-2/h3-4,8,14,16H,5-7H2,1-2H3. The number of hydrogen-bond donors (Lipinski definition) is 2. The summed E-state index contributed by atoms with van der Waals surface area (Å²) in [5.41, 5.74) is 2.57. The van der Waals surface area contributed by atoms with Crippen molar-refractivity contribution in [2.75, 3.05) is 13.7 Å². The zero-order valence-corrected chi connectivity index (χ0v) is 11.8. The molecule has 0 amide bonds. The van der Waals surface area contributed by atoms with E-state index in [1.54, 1.807) is 17.4 Å². The minimum Gasteiger partial charge on any atom is -0.464 e. The lowest BCUT2D eigenvalue weighted by atomic mass is 10.3. The van der Waals surface area contributed by atoms with E-state index in [2.05, 4.69) is 25.4 Å². The minimum absolute atomic E-state index is 0.343. The Labute approximate surface area is 116 Å². The van der Waals surface area contributed by atoms with E-state index < -0.39 is 0 Å². The van der Waals surface area contributed by atoms with E-state index in [1.807, 2.05) is 13.0 Å². The van der Waals surface area contributed by atoms with Gasteiger partial charge in [0.15, 0.2) is 0 Å². The summed E-state index contributed by atoms with van der Waals surface area (Å²) in [6.45, 7) is 3.56. The van der Waals surface area contributed by atoms with Gasteiger partial charge >= 0.3 is 5.97 Å². The van der Waals surface area contributed by atoms with Gasteiger partial charge in [-0.15, -0.1) is 11.3 Å². The molecule has 2 rings (SSSR count). The predicted molar refractivity (Wildman–Crippen MR) is 74.4 cm³/mol. The summed E-state index contributed by atoms with van der Waals surface area (Å²) >= 11 is 1.67. The third-order valence-electron chi connectivity index (χ3n) is 2.69. The molecule has 0 atom stereocenters. The number of ether oxygens (including phenoxy) is 1. The fourth-order valence-corrected chi connectivity index (χ4v) is 2.38. The van der Waals surface area contributed by atoms with Crippen LogP contribution in [0.2, 0.25) is 0 Å². The van der Waals surface area contributed by atoms with Crippen LogP contribution in [0.4, 0.5) is 0 Å². The van der Waals surface area contributed by atoms with Gasteiger partial charge in [-0.2, -0.15) is 0 Å². The molecule has 102 valence electrons. The number of thiazole rings is 1. The molecular weight excluding hydrogens is 262 g/mol. The first-order valence-electron chi connectivity index (χ1n) is 6.07. The second-order valence-corrected chi connectivity index (χ2v) is 5.24. The predicted octanol–water partition coefficient (Wildman–Crippen LogP) is 1.90. The van der Waals surface area contributed by atoms with Gasteiger partial charge in [-0.3, -0.25) is 0 Å². The summed E-state index contributed by atoms with van der Waals surface area (Å²) in [7, 11) is 1.37. The molecule has 0 spiro atoms. The Kier molecular flexibility index (Phi) is 4.70. The molecular formula is C13H17N3O2S. The van der Waals surface area contributed by atoms with E-state index in [9.17, 15) is 4.79 Å². The maximum absolute atomic E-state index is 11.3. The number of aromatic amines is 1. The molecule has 2 N–H and O–H groups in total. The Morgan fingerprint density at radius 2 is 2.37 bits per heavy atom. The van der Waals surface area contributed by atoms with Crippen molar-refractivity contribution in [1.82, 2.24) is 15.3 Å². The molecule has 5 nitrogen and oxygen atoms in total. The van der Waals surface area contributed by atoms with Gasteiger partial charge < -0.3 is 15.0 Å². The van der Waals surface area contributed by atoms with Crippen LogP contribution in [0.25, 0.3) is 0 Å². The van der Waals surface area contributed by atoms with Crippen molar-refractivity contribution < 1.29 is 9.53 Å². The van der Waals surface area contributed by atoms with Crippen LogP contribution in [0, 0.1) is 6.92 Å². The highest BCUT2D eigenvalue weighted by atomic mass is 32.1. The fourth-order valence-electron chi connectivity index (χ4n) is 1.73. The molecule has 19 heavy (non-hydrogen) atoms. The van der Waals surface area contributed by atoms with Crippen LogP contribution in [0.15, 0.2) is 17.5 Å². The number of carbonyl (C=O) groups is 1. The van der Waals surface area contributed by atoms with Crippen molar-refractivity contribution in [1.29, 1.82) is 0 Å². The Morgan fingerprint density at radius 1 is 1.53 bits per heavy atom. The van der Waals surface area contributed by atoms with E-state index in [0.717, 1.165) is 29.4 Å². The molecule has 2 aromatic heterocycles. The fraction of sp³-hybridized carbons (Fsp3) is 0.385. The summed E-state index contributed by atoms with van der Waals surface area (Å²) < 4.78 is 4.64. The Bertz CT molecular complexity index is 548.